The summed E-state index contributed by atoms with van der Waals surface area (Å²) in [6.45, 7) is 0.454. The molecule has 5 rings (SSSR count). The highest BCUT2D eigenvalue weighted by Gasteiger charge is 2.50. The van der Waals surface area contributed by atoms with Crippen LogP contribution in [0.5, 0.6) is 0 Å². The first-order valence-corrected chi connectivity index (χ1v) is 23.6. The molecular weight excluding hydrogens is 891 g/mol. The maximum Gasteiger partial charge on any atom is 0.481 e. The van der Waals surface area contributed by atoms with Crippen LogP contribution in [-0.4, -0.2) is 123 Å². The molecule has 7 unspecified atom stereocenters. The molecule has 334 valence electrons. The largest absolute Gasteiger partial charge is 0.481 e. The van der Waals surface area contributed by atoms with Gasteiger partial charge in [0, 0.05) is 37.1 Å². The number of rotatable bonds is 21. The SMILES string of the molecule is CC(C)(COP(=O)(O)OP(=O)(O)OCC1OC(n2cnc3c(N)ncnc32)C(O)C1OP(=O)(O)O)C(O)C(=O)NCCC(=O)NCCSC(=O)Cc1cccc2ccccc12. The summed E-state index contributed by atoms with van der Waals surface area (Å²) in [6, 6.07) is 13.5. The second kappa shape index (κ2) is 20.2. The Labute approximate surface area is 351 Å². The van der Waals surface area contributed by atoms with Crippen LogP contribution in [0.1, 0.15) is 32.1 Å². The predicted octanol–water partition coefficient (Wildman–Crippen LogP) is 1.06. The minimum Gasteiger partial charge on any atom is -0.386 e. The molecule has 4 aromatic rings. The minimum atomic E-state index is -5.58. The molecule has 1 aliphatic heterocycles. The molecule has 2 amide bonds. The number of phosphoric ester groups is 3. The number of phosphoric acid groups is 3. The summed E-state index contributed by atoms with van der Waals surface area (Å²) in [5, 5.41) is 28.5. The van der Waals surface area contributed by atoms with E-state index in [0.717, 1.165) is 45.3 Å². The number of ether oxygens (including phenoxy) is 1. The molecule has 28 heteroatoms. The summed E-state index contributed by atoms with van der Waals surface area (Å²) in [4.78, 5) is 88.5. The molecule has 0 spiro atoms. The van der Waals surface area contributed by atoms with Crippen molar-refractivity contribution in [3.05, 3.63) is 60.7 Å². The van der Waals surface area contributed by atoms with Gasteiger partial charge in [-0.25, -0.2) is 28.6 Å². The maximum absolute atomic E-state index is 12.7. The van der Waals surface area contributed by atoms with Crippen molar-refractivity contribution < 1.29 is 80.5 Å². The number of aliphatic hydroxyl groups excluding tert-OH is 2. The first-order valence-electron chi connectivity index (χ1n) is 18.1. The normalized spacial score (nSPS) is 20.9. The number of amides is 2. The molecule has 0 aliphatic carbocycles. The van der Waals surface area contributed by atoms with Crippen LogP contribution < -0.4 is 16.4 Å². The Hall–Kier alpha value is -3.74. The molecule has 1 aliphatic rings. The van der Waals surface area contributed by atoms with E-state index >= 15 is 0 Å². The molecule has 2 aromatic carbocycles. The van der Waals surface area contributed by atoms with Gasteiger partial charge in [0.15, 0.2) is 22.8 Å². The number of benzene rings is 2. The fourth-order valence-electron chi connectivity index (χ4n) is 5.95. The summed E-state index contributed by atoms with van der Waals surface area (Å²) in [5.41, 5.74) is 5.16. The number of aromatic nitrogens is 4. The zero-order valence-electron chi connectivity index (χ0n) is 32.3. The number of anilines is 1. The summed E-state index contributed by atoms with van der Waals surface area (Å²) in [7, 11) is -16.4. The van der Waals surface area contributed by atoms with Gasteiger partial charge in [0.25, 0.3) is 0 Å². The number of hydrogen-bond donors (Lipinski definition) is 9. The Kier molecular flexibility index (Phi) is 16.0. The second-order valence-corrected chi connectivity index (χ2v) is 19.5. The van der Waals surface area contributed by atoms with E-state index in [1.807, 2.05) is 42.5 Å². The van der Waals surface area contributed by atoms with E-state index < -0.39 is 84.6 Å². The zero-order valence-corrected chi connectivity index (χ0v) is 35.8. The fraction of sp³-hybridized carbons (Fsp3) is 0.455. The first-order chi connectivity index (χ1) is 28.6. The van der Waals surface area contributed by atoms with Crippen LogP contribution in [0.15, 0.2) is 55.1 Å². The quantitative estimate of drug-likeness (QED) is 0.0416. The lowest BCUT2D eigenvalue weighted by Crippen LogP contribution is -2.46. The van der Waals surface area contributed by atoms with Crippen molar-refractivity contribution in [2.75, 3.05) is 37.8 Å². The molecule has 7 atom stereocenters. The fourth-order valence-corrected chi connectivity index (χ4v) is 9.47. The molecule has 2 aromatic heterocycles. The third-order valence-electron chi connectivity index (χ3n) is 8.98. The van der Waals surface area contributed by atoms with Gasteiger partial charge in [0.1, 0.15) is 36.3 Å². The molecule has 1 fully saturated rings. The van der Waals surface area contributed by atoms with Crippen molar-refractivity contribution in [2.24, 2.45) is 5.41 Å². The van der Waals surface area contributed by atoms with Crippen LogP contribution in [-0.2, 0) is 57.1 Å². The van der Waals surface area contributed by atoms with E-state index in [1.54, 1.807) is 0 Å². The number of thioether (sulfide) groups is 1. The van der Waals surface area contributed by atoms with Gasteiger partial charge in [-0.3, -0.25) is 32.5 Å². The molecule has 0 radical (unpaired) electrons. The topological polar surface area (TPSA) is 364 Å². The molecular formula is C33H44N7O17P3S. The van der Waals surface area contributed by atoms with Crippen molar-refractivity contribution in [2.45, 2.75) is 57.3 Å². The number of nitrogens with zero attached hydrogens (tertiary/aromatic N) is 4. The Bertz CT molecular complexity index is 2360. The lowest BCUT2D eigenvalue weighted by Gasteiger charge is -2.30. The molecule has 61 heavy (non-hydrogen) atoms. The number of nitrogens with two attached hydrogens (primary N) is 1. The Balaban J connectivity index is 1.03. The van der Waals surface area contributed by atoms with Gasteiger partial charge in [-0.1, -0.05) is 68.1 Å². The van der Waals surface area contributed by atoms with Crippen molar-refractivity contribution in [1.29, 1.82) is 0 Å². The van der Waals surface area contributed by atoms with Crippen molar-refractivity contribution in [1.82, 2.24) is 30.2 Å². The first kappa shape index (κ1) is 48.3. The number of nitrogen functional groups attached to an aromatic ring is 1. The third-order valence-corrected chi connectivity index (χ3v) is 13.0. The molecule has 24 nitrogen and oxygen atoms in total. The smallest absolute Gasteiger partial charge is 0.386 e. The number of imidazole rings is 1. The molecule has 1 saturated heterocycles. The second-order valence-electron chi connectivity index (χ2n) is 14.1. The molecule has 0 bridgehead atoms. The average molecular weight is 936 g/mol. The van der Waals surface area contributed by atoms with Crippen LogP contribution in [0.25, 0.3) is 21.9 Å². The third kappa shape index (κ3) is 13.4. The minimum absolute atomic E-state index is 0.0289. The highest BCUT2D eigenvalue weighted by Crippen LogP contribution is 2.61. The lowest BCUT2D eigenvalue weighted by atomic mass is 9.87. The number of aliphatic hydroxyl groups is 2. The van der Waals surface area contributed by atoms with Gasteiger partial charge in [-0.15, -0.1) is 0 Å². The molecule has 10 N–H and O–H groups in total. The van der Waals surface area contributed by atoms with Gasteiger partial charge in [0.2, 0.25) is 11.8 Å². The van der Waals surface area contributed by atoms with Crippen LogP contribution in [0.2, 0.25) is 0 Å². The van der Waals surface area contributed by atoms with Gasteiger partial charge in [0.05, 0.1) is 19.5 Å². The Morgan fingerprint density at radius 3 is 2.43 bits per heavy atom. The summed E-state index contributed by atoms with van der Waals surface area (Å²) in [6.07, 6.45) is -6.73. The number of carbonyl (C=O) groups excluding carboxylic acids is 3. The number of nitrogens with one attached hydrogen (secondary N) is 2. The highest BCUT2D eigenvalue weighted by molar-refractivity contribution is 8.13. The van der Waals surface area contributed by atoms with Crippen molar-refractivity contribution in [3.63, 3.8) is 0 Å². The molecule has 3 heterocycles. The van der Waals surface area contributed by atoms with E-state index in [2.05, 4.69) is 34.4 Å². The summed E-state index contributed by atoms with van der Waals surface area (Å²) >= 11 is 1.07. The van der Waals surface area contributed by atoms with Gasteiger partial charge in [-0.2, -0.15) is 4.31 Å². The van der Waals surface area contributed by atoms with Crippen LogP contribution in [0.4, 0.5) is 5.82 Å². The van der Waals surface area contributed by atoms with Crippen LogP contribution in [0, 0.1) is 5.41 Å². The average Bonchev–Trinajstić information content (AvgIpc) is 3.74. The van der Waals surface area contributed by atoms with Crippen LogP contribution in [0.3, 0.4) is 0 Å². The van der Waals surface area contributed by atoms with E-state index in [1.165, 1.54) is 13.8 Å². The van der Waals surface area contributed by atoms with Gasteiger partial charge >= 0.3 is 23.5 Å². The number of fused-ring (bicyclic) bond motifs is 2. The van der Waals surface area contributed by atoms with E-state index in [4.69, 9.17) is 19.5 Å². The monoisotopic (exact) mass is 935 g/mol. The Morgan fingerprint density at radius 2 is 1.69 bits per heavy atom. The van der Waals surface area contributed by atoms with Crippen molar-refractivity contribution >= 4 is 79.9 Å². The van der Waals surface area contributed by atoms with Crippen LogP contribution >= 0.6 is 35.2 Å². The predicted molar refractivity (Wildman–Crippen MR) is 215 cm³/mol. The Morgan fingerprint density at radius 1 is 0.984 bits per heavy atom. The van der Waals surface area contributed by atoms with Gasteiger partial charge < -0.3 is 50.9 Å². The lowest BCUT2D eigenvalue weighted by molar-refractivity contribution is -0.137. The van der Waals surface area contributed by atoms with Crippen molar-refractivity contribution in [3.8, 4) is 0 Å². The number of carbonyl (C=O) groups is 3. The highest BCUT2D eigenvalue weighted by atomic mass is 32.2. The molecule has 0 saturated carbocycles. The van der Waals surface area contributed by atoms with Gasteiger partial charge in [-0.05, 0) is 16.3 Å². The number of hydrogen-bond acceptors (Lipinski definition) is 18. The van der Waals surface area contributed by atoms with E-state index in [9.17, 15) is 57.9 Å². The standard InChI is InChI=1S/C33H44N7O17P3S/c1-33(2,28(44)31(45)36-11-10-23(41)35-12-13-61-24(42)14-20-8-5-7-19-6-3-4-9-21(19)20)16-54-60(51,52)57-59(49,50)53-15-22-27(56-58(46,47)48)26(43)32(55-22)40-18-39-25-29(34)37-17-38-30(25)40/h3-9,17-18,22,26-28,32,43-44H,10-16H2,1-2H3,(H,35,41)(H,36,45)(H,49,50)(H,51,52)(H2,34,37,38)(H2,46,47,48). The van der Waals surface area contributed by atoms with E-state index in [-0.39, 0.29) is 48.0 Å². The summed E-state index contributed by atoms with van der Waals surface area (Å²) in [5.74, 6) is -1.15. The zero-order chi connectivity index (χ0) is 44.8. The van der Waals surface area contributed by atoms with E-state index in [0.29, 0.717) is 5.75 Å². The maximum atomic E-state index is 12.7. The summed E-state index contributed by atoms with van der Waals surface area (Å²) < 4.78 is 62.3.